The van der Waals surface area contributed by atoms with Crippen molar-refractivity contribution in [1.29, 1.82) is 0 Å². The number of carboxylic acids is 1. The first-order valence-corrected chi connectivity index (χ1v) is 12.9. The average molecular weight is 543 g/mol. The van der Waals surface area contributed by atoms with Crippen molar-refractivity contribution in [1.82, 2.24) is 9.88 Å². The molecule has 0 radical (unpaired) electrons. The number of anilines is 3. The number of ether oxygens (including phenoxy) is 1. The molecule has 0 bridgehead atoms. The first-order chi connectivity index (χ1) is 19.2. The van der Waals surface area contributed by atoms with Gasteiger partial charge in [-0.1, -0.05) is 24.3 Å². The van der Waals surface area contributed by atoms with Gasteiger partial charge in [0.1, 0.15) is 11.3 Å². The van der Waals surface area contributed by atoms with Crippen molar-refractivity contribution >= 4 is 46.3 Å². The highest BCUT2D eigenvalue weighted by molar-refractivity contribution is 5.94. The summed E-state index contributed by atoms with van der Waals surface area (Å²) in [5.74, 6) is -1.42. The molecular weight excluding hydrogens is 512 g/mol. The fourth-order valence-electron chi connectivity index (χ4n) is 4.99. The van der Waals surface area contributed by atoms with E-state index in [9.17, 15) is 19.5 Å². The van der Waals surface area contributed by atoms with Crippen LogP contribution in [0.15, 0.2) is 71.1 Å². The number of methoxy groups -OCH3 is 1. The molecular formula is C30H30N4O6. The van der Waals surface area contributed by atoms with Crippen LogP contribution in [-0.4, -0.2) is 60.0 Å². The van der Waals surface area contributed by atoms with Crippen LogP contribution in [0.5, 0.6) is 5.75 Å². The van der Waals surface area contributed by atoms with Crippen LogP contribution in [-0.2, 0) is 20.8 Å². The lowest BCUT2D eigenvalue weighted by atomic mass is 9.89. The number of likely N-dealkylation sites (N-methyl/N-ethyl adjacent to an activating group) is 1. The zero-order chi connectivity index (χ0) is 28.4. The summed E-state index contributed by atoms with van der Waals surface area (Å²) in [6, 6.07) is 20.5. The molecule has 1 aliphatic rings. The molecule has 2 atom stereocenters. The highest BCUT2D eigenvalue weighted by atomic mass is 16.5. The van der Waals surface area contributed by atoms with E-state index < -0.39 is 11.9 Å². The number of likely N-dealkylation sites (tertiary alicyclic amines) is 1. The second kappa shape index (κ2) is 11.1. The van der Waals surface area contributed by atoms with Crippen molar-refractivity contribution < 1.29 is 28.6 Å². The molecule has 0 aliphatic carbocycles. The van der Waals surface area contributed by atoms with E-state index in [1.54, 1.807) is 42.2 Å². The average Bonchev–Trinajstić information content (AvgIpc) is 3.57. The van der Waals surface area contributed by atoms with Gasteiger partial charge in [0, 0.05) is 50.4 Å². The zero-order valence-electron chi connectivity index (χ0n) is 22.5. The largest absolute Gasteiger partial charge is 0.497 e. The standard InChI is InChI=1S/C30H30N4O6/c1-18(35)34-16-24(25(17-34)29(37)38)20-8-10-22(11-9-20)33(2)28(36)14-19-7-12-26-27(13-19)40-30(32-26)31-21-5-4-6-23(15-21)39-3/h4-13,15,24-25H,14,16-17H2,1-3H3,(H,31,32)(H,37,38). The Bertz CT molecular complexity index is 1560. The van der Waals surface area contributed by atoms with Crippen LogP contribution in [0.3, 0.4) is 0 Å². The van der Waals surface area contributed by atoms with Crippen LogP contribution in [0.2, 0.25) is 0 Å². The van der Waals surface area contributed by atoms with Crippen LogP contribution in [0.4, 0.5) is 17.4 Å². The van der Waals surface area contributed by atoms with Crippen LogP contribution >= 0.6 is 0 Å². The molecule has 0 spiro atoms. The molecule has 1 aromatic heterocycles. The van der Waals surface area contributed by atoms with Crippen LogP contribution in [0.1, 0.15) is 24.0 Å². The van der Waals surface area contributed by atoms with Gasteiger partial charge >= 0.3 is 5.97 Å². The molecule has 1 saturated heterocycles. The first kappa shape index (κ1) is 26.7. The van der Waals surface area contributed by atoms with E-state index in [-0.39, 0.29) is 30.7 Å². The number of aromatic nitrogens is 1. The van der Waals surface area contributed by atoms with Crippen molar-refractivity contribution in [3.63, 3.8) is 0 Å². The normalized spacial score (nSPS) is 16.6. The molecule has 2 N–H and O–H groups in total. The number of rotatable bonds is 8. The van der Waals surface area contributed by atoms with E-state index >= 15 is 0 Å². The van der Waals surface area contributed by atoms with Gasteiger partial charge in [-0.25, -0.2) is 0 Å². The topological polar surface area (TPSA) is 125 Å². The van der Waals surface area contributed by atoms with Crippen molar-refractivity contribution in [2.24, 2.45) is 5.92 Å². The number of nitrogens with one attached hydrogen (secondary N) is 1. The predicted molar refractivity (Wildman–Crippen MR) is 150 cm³/mol. The minimum Gasteiger partial charge on any atom is -0.497 e. The lowest BCUT2D eigenvalue weighted by Gasteiger charge is -2.20. The van der Waals surface area contributed by atoms with E-state index in [4.69, 9.17) is 9.15 Å². The van der Waals surface area contributed by atoms with E-state index in [0.29, 0.717) is 35.1 Å². The quantitative estimate of drug-likeness (QED) is 0.335. The molecule has 4 aromatic rings. The number of oxazole rings is 1. The maximum Gasteiger partial charge on any atom is 0.308 e. The minimum absolute atomic E-state index is 0.117. The SMILES string of the molecule is COc1cccc(Nc2nc3ccc(CC(=O)N(C)c4ccc(C5CN(C(C)=O)CC5C(=O)O)cc4)cc3o2)c1. The van der Waals surface area contributed by atoms with E-state index in [1.165, 1.54) is 6.92 Å². The summed E-state index contributed by atoms with van der Waals surface area (Å²) in [6.07, 6.45) is 0.158. The highest BCUT2D eigenvalue weighted by Gasteiger charge is 2.39. The van der Waals surface area contributed by atoms with Gasteiger partial charge in [0.2, 0.25) is 11.8 Å². The number of carbonyl (C=O) groups excluding carboxylic acids is 2. The van der Waals surface area contributed by atoms with Gasteiger partial charge in [-0.15, -0.1) is 0 Å². The number of fused-ring (bicyclic) bond motifs is 1. The van der Waals surface area contributed by atoms with E-state index in [2.05, 4.69) is 10.3 Å². The molecule has 2 heterocycles. The number of benzene rings is 3. The van der Waals surface area contributed by atoms with Crippen LogP contribution in [0.25, 0.3) is 11.1 Å². The van der Waals surface area contributed by atoms with E-state index in [1.807, 2.05) is 48.5 Å². The third-order valence-electron chi connectivity index (χ3n) is 7.29. The molecule has 2 unspecified atom stereocenters. The van der Waals surface area contributed by atoms with Gasteiger partial charge in [0.05, 0.1) is 19.4 Å². The number of nitrogens with zero attached hydrogens (tertiary/aromatic N) is 3. The molecule has 0 saturated carbocycles. The smallest absolute Gasteiger partial charge is 0.308 e. The Balaban J connectivity index is 1.25. The Kier molecular flexibility index (Phi) is 7.41. The van der Waals surface area contributed by atoms with Crippen molar-refractivity contribution in [2.45, 2.75) is 19.3 Å². The van der Waals surface area contributed by atoms with Crippen LogP contribution in [0, 0.1) is 5.92 Å². The summed E-state index contributed by atoms with van der Waals surface area (Å²) in [5.41, 5.74) is 4.30. The third kappa shape index (κ3) is 5.61. The minimum atomic E-state index is -0.919. The second-order valence-electron chi connectivity index (χ2n) is 9.87. The monoisotopic (exact) mass is 542 g/mol. The summed E-state index contributed by atoms with van der Waals surface area (Å²) >= 11 is 0. The zero-order valence-corrected chi connectivity index (χ0v) is 22.5. The van der Waals surface area contributed by atoms with Gasteiger partial charge < -0.3 is 29.4 Å². The number of carboxylic acid groups (broad SMARTS) is 1. The molecule has 10 nitrogen and oxygen atoms in total. The number of aliphatic carboxylic acids is 1. The Morgan fingerprint density at radius 3 is 2.58 bits per heavy atom. The predicted octanol–water partition coefficient (Wildman–Crippen LogP) is 4.43. The maximum atomic E-state index is 13.1. The summed E-state index contributed by atoms with van der Waals surface area (Å²) in [4.78, 5) is 44.3. The Labute approximate surface area is 231 Å². The fourth-order valence-corrected chi connectivity index (χ4v) is 4.99. The van der Waals surface area contributed by atoms with Gasteiger partial charge in [0.15, 0.2) is 5.58 Å². The Morgan fingerprint density at radius 2 is 1.88 bits per heavy atom. The summed E-state index contributed by atoms with van der Waals surface area (Å²) < 4.78 is 11.1. The summed E-state index contributed by atoms with van der Waals surface area (Å²) in [6.45, 7) is 2.01. The lowest BCUT2D eigenvalue weighted by Crippen LogP contribution is -2.28. The van der Waals surface area contributed by atoms with Crippen molar-refractivity contribution in [2.75, 3.05) is 37.5 Å². The second-order valence-corrected chi connectivity index (χ2v) is 9.87. The third-order valence-corrected chi connectivity index (χ3v) is 7.29. The molecule has 206 valence electrons. The lowest BCUT2D eigenvalue weighted by molar-refractivity contribution is -0.141. The number of hydrogen-bond acceptors (Lipinski definition) is 7. The Morgan fingerprint density at radius 1 is 1.10 bits per heavy atom. The maximum absolute atomic E-state index is 13.1. The molecule has 5 rings (SSSR count). The Hall–Kier alpha value is -4.86. The van der Waals surface area contributed by atoms with Gasteiger partial charge in [-0.05, 0) is 47.5 Å². The number of hydrogen-bond donors (Lipinski definition) is 2. The van der Waals surface area contributed by atoms with Crippen molar-refractivity contribution in [3.05, 3.63) is 77.9 Å². The van der Waals surface area contributed by atoms with Gasteiger partial charge in [-0.2, -0.15) is 4.98 Å². The van der Waals surface area contributed by atoms with Crippen LogP contribution < -0.4 is 15.0 Å². The van der Waals surface area contributed by atoms with Gasteiger partial charge in [-0.3, -0.25) is 14.4 Å². The van der Waals surface area contributed by atoms with Crippen molar-refractivity contribution in [3.8, 4) is 5.75 Å². The molecule has 10 heteroatoms. The molecule has 1 fully saturated rings. The van der Waals surface area contributed by atoms with Gasteiger partial charge in [0.25, 0.3) is 6.01 Å². The summed E-state index contributed by atoms with van der Waals surface area (Å²) in [5, 5.41) is 12.8. The molecule has 40 heavy (non-hydrogen) atoms. The number of amides is 2. The highest BCUT2D eigenvalue weighted by Crippen LogP contribution is 2.34. The summed E-state index contributed by atoms with van der Waals surface area (Å²) in [7, 11) is 3.30. The fraction of sp³-hybridized carbons (Fsp3) is 0.267. The number of carbonyl (C=O) groups is 3. The molecule has 3 aromatic carbocycles. The first-order valence-electron chi connectivity index (χ1n) is 12.9. The molecule has 2 amide bonds. The van der Waals surface area contributed by atoms with E-state index in [0.717, 1.165) is 16.8 Å². The molecule has 1 aliphatic heterocycles.